The number of aromatic nitrogens is 5. The smallest absolute Gasteiger partial charge is 0.291 e. The molecule has 4 heterocycles. The van der Waals surface area contributed by atoms with Gasteiger partial charge in [0.05, 0.1) is 11.9 Å². The van der Waals surface area contributed by atoms with E-state index in [1.807, 2.05) is 0 Å². The van der Waals surface area contributed by atoms with Gasteiger partial charge in [0.1, 0.15) is 29.9 Å². The summed E-state index contributed by atoms with van der Waals surface area (Å²) in [6.07, 6.45) is 3.45. The van der Waals surface area contributed by atoms with E-state index < -0.39 is 29.5 Å². The molecular formula is C20H15F2N7O3. The van der Waals surface area contributed by atoms with Crippen LogP contribution in [0.3, 0.4) is 0 Å². The van der Waals surface area contributed by atoms with E-state index in [1.54, 1.807) is 42.3 Å². The van der Waals surface area contributed by atoms with Gasteiger partial charge in [0, 0.05) is 30.9 Å². The van der Waals surface area contributed by atoms with Crippen molar-refractivity contribution in [3.63, 3.8) is 0 Å². The van der Waals surface area contributed by atoms with Crippen LogP contribution in [0.15, 0.2) is 42.7 Å². The van der Waals surface area contributed by atoms with Gasteiger partial charge in [0.2, 0.25) is 5.82 Å². The van der Waals surface area contributed by atoms with Gasteiger partial charge in [-0.2, -0.15) is 5.10 Å². The van der Waals surface area contributed by atoms with Crippen molar-refractivity contribution in [1.82, 2.24) is 29.7 Å². The standard InChI is InChI=1S/C20H15F2N7O3/c1-28-8-10(7-23-28)14-3-2-4-16-25-18(27-29(14)16)20(31)24-13-9-32-15-6-11(21)5-12(22)17(15)26-19(13)30/h2-8,13H,9H2,1H3,(H,24,31)(H,26,30)/t13-/m0/s1. The highest BCUT2D eigenvalue weighted by Gasteiger charge is 2.30. The number of halogens is 2. The summed E-state index contributed by atoms with van der Waals surface area (Å²) in [5.74, 6) is -3.62. The van der Waals surface area contributed by atoms with Crippen molar-refractivity contribution in [3.05, 3.63) is 60.2 Å². The lowest BCUT2D eigenvalue weighted by Crippen LogP contribution is -2.46. The Morgan fingerprint density at radius 1 is 1.31 bits per heavy atom. The number of rotatable bonds is 3. The summed E-state index contributed by atoms with van der Waals surface area (Å²) in [5.41, 5.74) is 1.58. The van der Waals surface area contributed by atoms with Crippen LogP contribution in [0.5, 0.6) is 5.75 Å². The second-order valence-electron chi connectivity index (χ2n) is 7.11. The fraction of sp³-hybridized carbons (Fsp3) is 0.150. The molecule has 0 unspecified atom stereocenters. The van der Waals surface area contributed by atoms with Gasteiger partial charge in [-0.05, 0) is 12.1 Å². The number of anilines is 1. The third-order valence-corrected chi connectivity index (χ3v) is 4.86. The van der Waals surface area contributed by atoms with Crippen LogP contribution < -0.4 is 15.4 Å². The molecule has 0 saturated heterocycles. The van der Waals surface area contributed by atoms with E-state index in [9.17, 15) is 18.4 Å². The Bertz CT molecular complexity index is 1380. The molecule has 1 aliphatic heterocycles. The van der Waals surface area contributed by atoms with E-state index in [2.05, 4.69) is 25.8 Å². The second kappa shape index (κ2) is 7.41. The van der Waals surface area contributed by atoms with Gasteiger partial charge >= 0.3 is 0 Å². The summed E-state index contributed by atoms with van der Waals surface area (Å²) in [7, 11) is 1.78. The van der Waals surface area contributed by atoms with Crippen LogP contribution >= 0.6 is 0 Å². The van der Waals surface area contributed by atoms with E-state index in [1.165, 1.54) is 4.52 Å². The van der Waals surface area contributed by atoms with Crippen LogP contribution in [0.2, 0.25) is 0 Å². The van der Waals surface area contributed by atoms with Crippen molar-refractivity contribution >= 4 is 23.1 Å². The highest BCUT2D eigenvalue weighted by Crippen LogP contribution is 2.31. The van der Waals surface area contributed by atoms with E-state index in [4.69, 9.17) is 4.74 Å². The molecule has 4 aromatic rings. The van der Waals surface area contributed by atoms with E-state index in [0.717, 1.165) is 11.6 Å². The van der Waals surface area contributed by atoms with Gasteiger partial charge in [0.25, 0.3) is 11.8 Å². The largest absolute Gasteiger partial charge is 0.488 e. The maximum absolute atomic E-state index is 14.0. The minimum atomic E-state index is -1.18. The molecule has 5 rings (SSSR count). The zero-order chi connectivity index (χ0) is 22.4. The molecule has 162 valence electrons. The molecule has 0 bridgehead atoms. The number of hydrogen-bond acceptors (Lipinski definition) is 6. The molecule has 12 heteroatoms. The highest BCUT2D eigenvalue weighted by molar-refractivity contribution is 6.01. The fourth-order valence-corrected chi connectivity index (χ4v) is 3.35. The number of hydrogen-bond donors (Lipinski definition) is 2. The number of carbonyl (C=O) groups is 2. The summed E-state index contributed by atoms with van der Waals surface area (Å²) in [6.45, 7) is -0.332. The number of nitrogens with one attached hydrogen (secondary N) is 2. The van der Waals surface area contributed by atoms with Crippen LogP contribution in [0.1, 0.15) is 10.6 Å². The maximum atomic E-state index is 14.0. The number of amides is 2. The highest BCUT2D eigenvalue weighted by atomic mass is 19.1. The zero-order valence-corrected chi connectivity index (χ0v) is 16.5. The summed E-state index contributed by atoms with van der Waals surface area (Å²) in [4.78, 5) is 29.4. The third kappa shape index (κ3) is 3.41. The summed E-state index contributed by atoms with van der Waals surface area (Å²) < 4.78 is 35.9. The number of carbonyl (C=O) groups excluding carboxylic acids is 2. The lowest BCUT2D eigenvalue weighted by atomic mass is 10.2. The van der Waals surface area contributed by atoms with Gasteiger partial charge < -0.3 is 15.4 Å². The van der Waals surface area contributed by atoms with Crippen LogP contribution in [-0.2, 0) is 11.8 Å². The molecule has 0 spiro atoms. The first kappa shape index (κ1) is 19.6. The SMILES string of the molecule is Cn1cc(-c2cccc3nc(C(=O)N[C@H]4COc5cc(F)cc(F)c5NC4=O)nn23)cn1. The van der Waals surface area contributed by atoms with Crippen molar-refractivity contribution in [2.75, 3.05) is 11.9 Å². The number of fused-ring (bicyclic) bond motifs is 2. The Balaban J connectivity index is 1.39. The molecule has 0 fully saturated rings. The predicted molar refractivity (Wildman–Crippen MR) is 107 cm³/mol. The Labute approximate surface area is 178 Å². The van der Waals surface area contributed by atoms with Gasteiger partial charge in [-0.1, -0.05) is 6.07 Å². The Morgan fingerprint density at radius 2 is 2.16 bits per heavy atom. The van der Waals surface area contributed by atoms with Crippen LogP contribution in [-0.4, -0.2) is 48.8 Å². The van der Waals surface area contributed by atoms with Crippen molar-refractivity contribution < 1.29 is 23.1 Å². The van der Waals surface area contributed by atoms with E-state index in [-0.39, 0.29) is 23.9 Å². The van der Waals surface area contributed by atoms with Crippen molar-refractivity contribution in [2.45, 2.75) is 6.04 Å². The number of benzene rings is 1. The maximum Gasteiger partial charge on any atom is 0.291 e. The van der Waals surface area contributed by atoms with Crippen molar-refractivity contribution in [2.24, 2.45) is 7.05 Å². The predicted octanol–water partition coefficient (Wildman–Crippen LogP) is 1.54. The molecular weight excluding hydrogens is 424 g/mol. The van der Waals surface area contributed by atoms with Crippen LogP contribution in [0, 0.1) is 11.6 Å². The first-order valence-electron chi connectivity index (χ1n) is 9.47. The fourth-order valence-electron chi connectivity index (χ4n) is 3.35. The monoisotopic (exact) mass is 439 g/mol. The lowest BCUT2D eigenvalue weighted by molar-refractivity contribution is -0.118. The number of ether oxygens (including phenoxy) is 1. The topological polar surface area (TPSA) is 115 Å². The Kier molecular flexibility index (Phi) is 4.54. The number of nitrogens with zero attached hydrogens (tertiary/aromatic N) is 5. The minimum Gasteiger partial charge on any atom is -0.488 e. The van der Waals surface area contributed by atoms with Crippen molar-refractivity contribution in [1.29, 1.82) is 0 Å². The van der Waals surface area contributed by atoms with Gasteiger partial charge in [0.15, 0.2) is 11.5 Å². The van der Waals surface area contributed by atoms with Crippen LogP contribution in [0.4, 0.5) is 14.5 Å². The van der Waals surface area contributed by atoms with Gasteiger partial charge in [-0.15, -0.1) is 5.10 Å². The molecule has 1 atom stereocenters. The molecule has 0 saturated carbocycles. The quantitative estimate of drug-likeness (QED) is 0.500. The molecule has 3 aromatic heterocycles. The number of aryl methyl sites for hydroxylation is 1. The van der Waals surface area contributed by atoms with Gasteiger partial charge in [-0.25, -0.2) is 18.3 Å². The van der Waals surface area contributed by atoms with E-state index >= 15 is 0 Å². The Hall–Kier alpha value is -4.35. The molecule has 2 amide bonds. The third-order valence-electron chi connectivity index (χ3n) is 4.86. The lowest BCUT2D eigenvalue weighted by Gasteiger charge is -2.13. The molecule has 2 N–H and O–H groups in total. The molecule has 1 aliphatic rings. The summed E-state index contributed by atoms with van der Waals surface area (Å²) >= 11 is 0. The molecule has 10 nitrogen and oxygen atoms in total. The zero-order valence-electron chi connectivity index (χ0n) is 16.5. The number of pyridine rings is 1. The van der Waals surface area contributed by atoms with Gasteiger partial charge in [-0.3, -0.25) is 14.3 Å². The average Bonchev–Trinajstić information content (AvgIpc) is 3.35. The Morgan fingerprint density at radius 3 is 2.94 bits per heavy atom. The average molecular weight is 439 g/mol. The molecule has 1 aromatic carbocycles. The second-order valence-corrected chi connectivity index (χ2v) is 7.11. The normalized spacial score (nSPS) is 15.6. The molecule has 0 radical (unpaired) electrons. The molecule has 0 aliphatic carbocycles. The molecule has 32 heavy (non-hydrogen) atoms. The first-order valence-corrected chi connectivity index (χ1v) is 9.47. The van der Waals surface area contributed by atoms with Crippen molar-refractivity contribution in [3.8, 4) is 17.0 Å². The summed E-state index contributed by atoms with van der Waals surface area (Å²) in [6, 6.07) is 5.65. The minimum absolute atomic E-state index is 0.167. The first-order chi connectivity index (χ1) is 15.4. The van der Waals surface area contributed by atoms with Crippen LogP contribution in [0.25, 0.3) is 16.9 Å². The summed E-state index contributed by atoms with van der Waals surface area (Å²) in [5, 5.41) is 13.2. The van der Waals surface area contributed by atoms with E-state index in [0.29, 0.717) is 17.4 Å².